The number of piperazine rings is 1. The largest absolute Gasteiger partial charge is 0.368 e. The predicted octanol–water partition coefficient (Wildman–Crippen LogP) is 5.64. The Hall–Kier alpha value is -3.64. The van der Waals surface area contributed by atoms with E-state index in [1.54, 1.807) is 41.8 Å². The molecular weight excluding hydrogens is 512 g/mol. The summed E-state index contributed by atoms with van der Waals surface area (Å²) in [4.78, 5) is 5.16. The summed E-state index contributed by atoms with van der Waals surface area (Å²) < 4.78 is 29.8. The molecule has 6 rings (SSSR count). The molecule has 192 valence electrons. The standard InChI is InChI=1S/C30H28N4O2S2/c1-22-5-8-25(9-6-22)38(35,36)34-21-24(27-19-23(20-31)7-10-29(27)34)11-13-32-14-16-33(17-15-32)28-3-2-4-30-26(28)12-18-37-30/h2-10,12,18-19,21H,11,13-17H2,1H3. The Morgan fingerprint density at radius 1 is 0.947 bits per heavy atom. The van der Waals surface area contributed by atoms with Crippen LogP contribution >= 0.6 is 11.3 Å². The molecule has 5 aromatic rings. The van der Waals surface area contributed by atoms with Gasteiger partial charge >= 0.3 is 0 Å². The van der Waals surface area contributed by atoms with E-state index in [0.29, 0.717) is 17.5 Å². The van der Waals surface area contributed by atoms with Crippen LogP contribution in [0.2, 0.25) is 0 Å². The van der Waals surface area contributed by atoms with E-state index in [2.05, 4.69) is 45.5 Å². The van der Waals surface area contributed by atoms with Gasteiger partial charge in [-0.05, 0) is 72.8 Å². The first-order chi connectivity index (χ1) is 18.4. The van der Waals surface area contributed by atoms with Gasteiger partial charge in [0.05, 0.1) is 22.0 Å². The fourth-order valence-electron chi connectivity index (χ4n) is 5.30. The first-order valence-corrected chi connectivity index (χ1v) is 15.1. The van der Waals surface area contributed by atoms with E-state index in [0.717, 1.165) is 49.2 Å². The van der Waals surface area contributed by atoms with E-state index in [9.17, 15) is 13.7 Å². The van der Waals surface area contributed by atoms with Crippen LogP contribution in [-0.2, 0) is 16.4 Å². The molecule has 8 heteroatoms. The van der Waals surface area contributed by atoms with E-state index in [1.807, 2.05) is 25.1 Å². The van der Waals surface area contributed by atoms with Crippen LogP contribution < -0.4 is 4.90 Å². The highest BCUT2D eigenvalue weighted by Crippen LogP contribution is 2.31. The van der Waals surface area contributed by atoms with Crippen LogP contribution in [0.5, 0.6) is 0 Å². The second-order valence-electron chi connectivity index (χ2n) is 9.80. The fourth-order valence-corrected chi connectivity index (χ4v) is 7.50. The smallest absolute Gasteiger partial charge is 0.268 e. The minimum absolute atomic E-state index is 0.257. The highest BCUT2D eigenvalue weighted by Gasteiger charge is 2.23. The first-order valence-electron chi connectivity index (χ1n) is 12.7. The molecule has 1 saturated heterocycles. The third-order valence-electron chi connectivity index (χ3n) is 7.44. The zero-order chi connectivity index (χ0) is 26.3. The van der Waals surface area contributed by atoms with Gasteiger partial charge in [-0.25, -0.2) is 12.4 Å². The van der Waals surface area contributed by atoms with Crippen molar-refractivity contribution in [1.29, 1.82) is 5.26 Å². The Balaban J connectivity index is 1.23. The van der Waals surface area contributed by atoms with Crippen molar-refractivity contribution >= 4 is 48.0 Å². The van der Waals surface area contributed by atoms with Gasteiger partial charge in [-0.2, -0.15) is 5.26 Å². The molecule has 2 aromatic heterocycles. The zero-order valence-electron chi connectivity index (χ0n) is 21.2. The number of nitrogens with zero attached hydrogens (tertiary/aromatic N) is 4. The second-order valence-corrected chi connectivity index (χ2v) is 12.6. The molecule has 38 heavy (non-hydrogen) atoms. The number of aryl methyl sites for hydroxylation is 1. The van der Waals surface area contributed by atoms with E-state index in [-0.39, 0.29) is 4.90 Å². The number of hydrogen-bond acceptors (Lipinski definition) is 6. The lowest BCUT2D eigenvalue weighted by molar-refractivity contribution is 0.261. The molecule has 0 aliphatic carbocycles. The van der Waals surface area contributed by atoms with Gasteiger partial charge in [0.1, 0.15) is 0 Å². The van der Waals surface area contributed by atoms with Gasteiger partial charge in [0.2, 0.25) is 0 Å². The topological polar surface area (TPSA) is 69.3 Å². The summed E-state index contributed by atoms with van der Waals surface area (Å²) in [5.41, 5.74) is 4.39. The summed E-state index contributed by atoms with van der Waals surface area (Å²) in [6, 6.07) is 23.1. The molecule has 3 aromatic carbocycles. The molecule has 0 atom stereocenters. The molecule has 1 aliphatic heterocycles. The van der Waals surface area contributed by atoms with Gasteiger partial charge in [0.25, 0.3) is 10.0 Å². The first kappa shape index (κ1) is 24.7. The van der Waals surface area contributed by atoms with Crippen molar-refractivity contribution in [3.05, 3.63) is 95.0 Å². The number of hydrogen-bond donors (Lipinski definition) is 0. The lowest BCUT2D eigenvalue weighted by atomic mass is 10.1. The van der Waals surface area contributed by atoms with E-state index >= 15 is 0 Å². The van der Waals surface area contributed by atoms with Crippen molar-refractivity contribution in [1.82, 2.24) is 8.87 Å². The van der Waals surface area contributed by atoms with Crippen molar-refractivity contribution < 1.29 is 8.42 Å². The normalized spacial score (nSPS) is 14.8. The van der Waals surface area contributed by atoms with Crippen LogP contribution in [0.3, 0.4) is 0 Å². The maximum atomic E-state index is 13.6. The van der Waals surface area contributed by atoms with Gasteiger partial charge < -0.3 is 4.90 Å². The van der Waals surface area contributed by atoms with E-state index < -0.39 is 10.0 Å². The molecule has 0 saturated carbocycles. The summed E-state index contributed by atoms with van der Waals surface area (Å²) in [5.74, 6) is 0. The lowest BCUT2D eigenvalue weighted by Crippen LogP contribution is -2.47. The van der Waals surface area contributed by atoms with Crippen LogP contribution in [0.15, 0.2) is 83.2 Å². The minimum atomic E-state index is -3.76. The number of benzene rings is 3. The van der Waals surface area contributed by atoms with E-state index in [4.69, 9.17) is 0 Å². The Morgan fingerprint density at radius 3 is 2.50 bits per heavy atom. The number of nitriles is 1. The van der Waals surface area contributed by atoms with Crippen molar-refractivity contribution in [2.75, 3.05) is 37.6 Å². The number of thiophene rings is 1. The van der Waals surface area contributed by atoms with Crippen LogP contribution in [-0.4, -0.2) is 50.0 Å². The Bertz CT molecular complexity index is 1770. The molecule has 3 heterocycles. The van der Waals surface area contributed by atoms with Gasteiger partial charge in [0.15, 0.2) is 0 Å². The monoisotopic (exact) mass is 540 g/mol. The summed E-state index contributed by atoms with van der Waals surface area (Å²) in [5, 5.41) is 13.8. The number of aromatic nitrogens is 1. The van der Waals surface area contributed by atoms with Crippen molar-refractivity contribution in [2.45, 2.75) is 18.2 Å². The Morgan fingerprint density at radius 2 is 1.74 bits per heavy atom. The molecular formula is C30H28N4O2S2. The average molecular weight is 541 g/mol. The van der Waals surface area contributed by atoms with Gasteiger partial charge in [-0.3, -0.25) is 4.90 Å². The predicted molar refractivity (Wildman–Crippen MR) is 155 cm³/mol. The number of rotatable bonds is 6. The number of anilines is 1. The molecule has 0 spiro atoms. The second kappa shape index (κ2) is 9.91. The maximum Gasteiger partial charge on any atom is 0.268 e. The molecule has 0 N–H and O–H groups in total. The van der Waals surface area contributed by atoms with Gasteiger partial charge in [-0.15, -0.1) is 11.3 Å². The van der Waals surface area contributed by atoms with Gasteiger partial charge in [-0.1, -0.05) is 23.8 Å². The molecule has 1 fully saturated rings. The highest BCUT2D eigenvalue weighted by atomic mass is 32.2. The molecule has 6 nitrogen and oxygen atoms in total. The minimum Gasteiger partial charge on any atom is -0.368 e. The zero-order valence-corrected chi connectivity index (χ0v) is 22.8. The van der Waals surface area contributed by atoms with Crippen LogP contribution in [0.1, 0.15) is 16.7 Å². The molecule has 0 bridgehead atoms. The number of fused-ring (bicyclic) bond motifs is 2. The molecule has 0 unspecified atom stereocenters. The van der Waals surface area contributed by atoms with Crippen molar-refractivity contribution in [2.24, 2.45) is 0 Å². The molecule has 0 radical (unpaired) electrons. The summed E-state index contributed by atoms with van der Waals surface area (Å²) in [7, 11) is -3.76. The lowest BCUT2D eigenvalue weighted by Gasteiger charge is -2.36. The Kier molecular flexibility index (Phi) is 6.44. The van der Waals surface area contributed by atoms with Crippen LogP contribution in [0, 0.1) is 18.3 Å². The third kappa shape index (κ3) is 4.47. The summed E-state index contributed by atoms with van der Waals surface area (Å²) in [6.07, 6.45) is 2.45. The SMILES string of the molecule is Cc1ccc(S(=O)(=O)n2cc(CCN3CCN(c4cccc5sccc45)CC3)c3cc(C#N)ccc32)cc1. The van der Waals surface area contributed by atoms with Crippen LogP contribution in [0.25, 0.3) is 21.0 Å². The fraction of sp³-hybridized carbons (Fsp3) is 0.233. The highest BCUT2D eigenvalue weighted by molar-refractivity contribution is 7.90. The van der Waals surface area contributed by atoms with Crippen LogP contribution in [0.4, 0.5) is 5.69 Å². The van der Waals surface area contributed by atoms with Gasteiger partial charge in [0, 0.05) is 60.1 Å². The van der Waals surface area contributed by atoms with Crippen molar-refractivity contribution in [3.63, 3.8) is 0 Å². The van der Waals surface area contributed by atoms with E-state index in [1.165, 1.54) is 19.7 Å². The quantitative estimate of drug-likeness (QED) is 0.279. The van der Waals surface area contributed by atoms with Crippen molar-refractivity contribution in [3.8, 4) is 6.07 Å². The molecule has 1 aliphatic rings. The third-order valence-corrected chi connectivity index (χ3v) is 10.0. The average Bonchev–Trinajstić information content (AvgIpc) is 3.57. The summed E-state index contributed by atoms with van der Waals surface area (Å²) in [6.45, 7) is 6.57. The summed E-state index contributed by atoms with van der Waals surface area (Å²) >= 11 is 1.78. The molecule has 0 amide bonds. The maximum absolute atomic E-state index is 13.6. The Labute approximate surface area is 227 Å².